The molecule has 0 bridgehead atoms. The number of hydrogen-bond donors (Lipinski definition) is 0. The van der Waals surface area contributed by atoms with Crippen molar-refractivity contribution in [1.29, 1.82) is 0 Å². The van der Waals surface area contributed by atoms with Gasteiger partial charge < -0.3 is 0 Å². The van der Waals surface area contributed by atoms with Gasteiger partial charge in [-0.3, -0.25) is 0 Å². The maximum atomic E-state index is 2.41. The van der Waals surface area contributed by atoms with Crippen molar-refractivity contribution in [3.8, 4) is 0 Å². The zero-order valence-corrected chi connectivity index (χ0v) is 8.43. The van der Waals surface area contributed by atoms with Gasteiger partial charge in [-0.2, -0.15) is 0 Å². The lowest BCUT2D eigenvalue weighted by molar-refractivity contribution is 0.176. The van der Waals surface area contributed by atoms with E-state index in [-0.39, 0.29) is 0 Å². The van der Waals surface area contributed by atoms with Crippen LogP contribution in [0.4, 0.5) is 0 Å². The summed E-state index contributed by atoms with van der Waals surface area (Å²) in [6, 6.07) is 0. The highest BCUT2D eigenvalue weighted by Crippen LogP contribution is 2.36. The SMILES string of the molecule is CC(C)C1C[C@@H](C)C[C@H](C)C1. The van der Waals surface area contributed by atoms with Gasteiger partial charge in [0.1, 0.15) is 0 Å². The molecule has 0 spiro atoms. The van der Waals surface area contributed by atoms with Crippen molar-refractivity contribution in [2.45, 2.75) is 47.0 Å². The highest BCUT2D eigenvalue weighted by Gasteiger charge is 2.25. The Morgan fingerprint density at radius 1 is 0.909 bits per heavy atom. The second kappa shape index (κ2) is 3.60. The van der Waals surface area contributed by atoms with Crippen LogP contribution in [0.5, 0.6) is 0 Å². The molecular weight excluding hydrogens is 132 g/mol. The molecule has 0 heterocycles. The molecule has 0 N–H and O–H groups in total. The first-order chi connectivity index (χ1) is 5.09. The van der Waals surface area contributed by atoms with E-state index in [1.54, 1.807) is 0 Å². The van der Waals surface area contributed by atoms with Crippen LogP contribution in [0.3, 0.4) is 0 Å². The lowest BCUT2D eigenvalue weighted by atomic mass is 9.72. The Kier molecular flexibility index (Phi) is 2.98. The van der Waals surface area contributed by atoms with E-state index in [4.69, 9.17) is 0 Å². The predicted molar refractivity (Wildman–Crippen MR) is 50.5 cm³/mol. The molecule has 0 amide bonds. The Balaban J connectivity index is 2.43. The van der Waals surface area contributed by atoms with E-state index in [0.29, 0.717) is 0 Å². The van der Waals surface area contributed by atoms with Crippen LogP contribution >= 0.6 is 0 Å². The van der Waals surface area contributed by atoms with Crippen molar-refractivity contribution in [3.05, 3.63) is 0 Å². The lowest BCUT2D eigenvalue weighted by Crippen LogP contribution is -2.23. The van der Waals surface area contributed by atoms with Crippen LogP contribution < -0.4 is 0 Å². The summed E-state index contributed by atoms with van der Waals surface area (Å²) in [5.74, 6) is 3.87. The fraction of sp³-hybridized carbons (Fsp3) is 1.00. The molecule has 0 aromatic carbocycles. The van der Waals surface area contributed by atoms with Crippen molar-refractivity contribution in [3.63, 3.8) is 0 Å². The molecule has 0 nitrogen and oxygen atoms in total. The third kappa shape index (κ3) is 2.50. The molecule has 66 valence electrons. The first-order valence-electron chi connectivity index (χ1n) is 5.09. The number of rotatable bonds is 1. The largest absolute Gasteiger partial charge is 0.0625 e. The zero-order chi connectivity index (χ0) is 8.43. The van der Waals surface area contributed by atoms with Crippen molar-refractivity contribution in [2.75, 3.05) is 0 Å². The molecule has 11 heavy (non-hydrogen) atoms. The van der Waals surface area contributed by atoms with E-state index in [9.17, 15) is 0 Å². The summed E-state index contributed by atoms with van der Waals surface area (Å²) in [5, 5.41) is 0. The molecule has 1 fully saturated rings. The van der Waals surface area contributed by atoms with E-state index in [2.05, 4.69) is 27.7 Å². The quantitative estimate of drug-likeness (QED) is 0.540. The fourth-order valence-electron chi connectivity index (χ4n) is 2.55. The smallest absolute Gasteiger partial charge is 0.0386 e. The Hall–Kier alpha value is 0. The molecule has 1 aliphatic rings. The molecule has 0 aromatic rings. The molecular formula is C11H22. The van der Waals surface area contributed by atoms with Gasteiger partial charge in [0.15, 0.2) is 0 Å². The summed E-state index contributed by atoms with van der Waals surface area (Å²) in [4.78, 5) is 0. The third-order valence-electron chi connectivity index (χ3n) is 3.16. The van der Waals surface area contributed by atoms with Crippen molar-refractivity contribution < 1.29 is 0 Å². The molecule has 0 aromatic heterocycles. The van der Waals surface area contributed by atoms with Crippen LogP contribution in [0, 0.1) is 23.7 Å². The molecule has 1 saturated carbocycles. The molecule has 0 unspecified atom stereocenters. The van der Waals surface area contributed by atoms with Gasteiger partial charge in [-0.05, 0) is 42.9 Å². The standard InChI is InChI=1S/C11H22/c1-8(2)11-6-9(3)5-10(4)7-11/h8-11H,5-7H2,1-4H3/t9-,10-/m0/s1. The normalized spacial score (nSPS) is 39.5. The van der Waals surface area contributed by atoms with Gasteiger partial charge in [0.05, 0.1) is 0 Å². The van der Waals surface area contributed by atoms with Crippen LogP contribution in [0.25, 0.3) is 0 Å². The van der Waals surface area contributed by atoms with Gasteiger partial charge in [-0.15, -0.1) is 0 Å². The van der Waals surface area contributed by atoms with E-state index < -0.39 is 0 Å². The van der Waals surface area contributed by atoms with Gasteiger partial charge in [0.2, 0.25) is 0 Å². The fourth-order valence-corrected chi connectivity index (χ4v) is 2.55. The van der Waals surface area contributed by atoms with Crippen LogP contribution in [-0.4, -0.2) is 0 Å². The molecule has 0 radical (unpaired) electrons. The average Bonchev–Trinajstić information content (AvgIpc) is 1.85. The summed E-state index contributed by atoms with van der Waals surface area (Å²) >= 11 is 0. The summed E-state index contributed by atoms with van der Waals surface area (Å²) in [5.41, 5.74) is 0. The molecule has 0 aliphatic heterocycles. The lowest BCUT2D eigenvalue weighted by Gasteiger charge is -2.33. The van der Waals surface area contributed by atoms with Crippen LogP contribution in [0.1, 0.15) is 47.0 Å². The minimum Gasteiger partial charge on any atom is -0.0625 e. The third-order valence-corrected chi connectivity index (χ3v) is 3.16. The zero-order valence-electron chi connectivity index (χ0n) is 8.43. The van der Waals surface area contributed by atoms with Crippen LogP contribution in [0.2, 0.25) is 0 Å². The van der Waals surface area contributed by atoms with Gasteiger partial charge in [-0.25, -0.2) is 0 Å². The predicted octanol–water partition coefficient (Wildman–Crippen LogP) is 3.71. The van der Waals surface area contributed by atoms with Gasteiger partial charge >= 0.3 is 0 Å². The van der Waals surface area contributed by atoms with Gasteiger partial charge in [0.25, 0.3) is 0 Å². The first-order valence-corrected chi connectivity index (χ1v) is 5.09. The van der Waals surface area contributed by atoms with E-state index in [1.807, 2.05) is 0 Å². The second-order valence-corrected chi connectivity index (χ2v) is 4.92. The van der Waals surface area contributed by atoms with Crippen molar-refractivity contribution in [1.82, 2.24) is 0 Å². The minimum absolute atomic E-state index is 0.903. The van der Waals surface area contributed by atoms with Crippen molar-refractivity contribution >= 4 is 0 Å². The molecule has 1 rings (SSSR count). The Morgan fingerprint density at radius 3 is 1.73 bits per heavy atom. The highest BCUT2D eigenvalue weighted by molar-refractivity contribution is 4.76. The Bertz CT molecular complexity index is 105. The first kappa shape index (κ1) is 9.09. The Morgan fingerprint density at radius 2 is 1.36 bits per heavy atom. The highest BCUT2D eigenvalue weighted by atomic mass is 14.3. The average molecular weight is 154 g/mol. The molecule has 2 atom stereocenters. The summed E-state index contributed by atoms with van der Waals surface area (Å²) in [7, 11) is 0. The summed E-state index contributed by atoms with van der Waals surface area (Å²) in [6.07, 6.45) is 4.41. The van der Waals surface area contributed by atoms with E-state index >= 15 is 0 Å². The van der Waals surface area contributed by atoms with E-state index in [0.717, 1.165) is 23.7 Å². The topological polar surface area (TPSA) is 0 Å². The molecule has 0 heteroatoms. The van der Waals surface area contributed by atoms with Gasteiger partial charge in [-0.1, -0.05) is 27.7 Å². The monoisotopic (exact) mass is 154 g/mol. The van der Waals surface area contributed by atoms with Crippen molar-refractivity contribution in [2.24, 2.45) is 23.7 Å². The minimum atomic E-state index is 0.903. The van der Waals surface area contributed by atoms with Crippen LogP contribution in [0.15, 0.2) is 0 Å². The second-order valence-electron chi connectivity index (χ2n) is 4.92. The maximum Gasteiger partial charge on any atom is -0.0386 e. The summed E-state index contributed by atoms with van der Waals surface area (Å²) < 4.78 is 0. The molecule has 1 aliphatic carbocycles. The van der Waals surface area contributed by atoms with E-state index in [1.165, 1.54) is 19.3 Å². The van der Waals surface area contributed by atoms with Crippen LogP contribution in [-0.2, 0) is 0 Å². The molecule has 0 saturated heterocycles. The van der Waals surface area contributed by atoms with Gasteiger partial charge in [0, 0.05) is 0 Å². The number of hydrogen-bond acceptors (Lipinski definition) is 0. The Labute approximate surface area is 71.4 Å². The maximum absolute atomic E-state index is 2.41. The summed E-state index contributed by atoms with van der Waals surface area (Å²) in [6.45, 7) is 9.56.